The van der Waals surface area contributed by atoms with Crippen molar-refractivity contribution in [2.75, 3.05) is 36.9 Å². The zero-order valence-electron chi connectivity index (χ0n) is 13.5. The van der Waals surface area contributed by atoms with Crippen LogP contribution in [0.5, 0.6) is 0 Å². The summed E-state index contributed by atoms with van der Waals surface area (Å²) in [6, 6.07) is 2.45. The fourth-order valence-corrected chi connectivity index (χ4v) is 4.37. The first kappa shape index (κ1) is 14.2. The number of morpholine rings is 1. The number of fused-ring (bicyclic) bond motifs is 3. The number of pyridine rings is 1. The van der Waals surface area contributed by atoms with Crippen LogP contribution in [0.25, 0.3) is 11.0 Å². The number of hydrogen-bond donors (Lipinski definition) is 3. The molecular formula is C17H21N5O2. The van der Waals surface area contributed by atoms with Gasteiger partial charge in [-0.3, -0.25) is 9.69 Å². The Morgan fingerprint density at radius 3 is 3.08 bits per heavy atom. The Labute approximate surface area is 139 Å². The van der Waals surface area contributed by atoms with Crippen LogP contribution in [0.1, 0.15) is 19.3 Å². The van der Waals surface area contributed by atoms with Gasteiger partial charge in [-0.2, -0.15) is 0 Å². The normalized spacial score (nSPS) is 30.3. The Bertz CT molecular complexity index is 797. The van der Waals surface area contributed by atoms with Crippen molar-refractivity contribution >= 4 is 28.3 Å². The summed E-state index contributed by atoms with van der Waals surface area (Å²) in [4.78, 5) is 22.8. The van der Waals surface area contributed by atoms with E-state index in [4.69, 9.17) is 4.74 Å². The summed E-state index contributed by atoms with van der Waals surface area (Å²) >= 11 is 0. The van der Waals surface area contributed by atoms with Gasteiger partial charge in [0.25, 0.3) is 0 Å². The van der Waals surface area contributed by atoms with Gasteiger partial charge in [0.2, 0.25) is 5.91 Å². The van der Waals surface area contributed by atoms with Crippen molar-refractivity contribution in [2.24, 2.45) is 0 Å². The number of carbonyl (C=O) groups is 1. The smallest absolute Gasteiger partial charge is 0.250 e. The molecule has 0 aromatic carbocycles. The number of hydrogen-bond acceptors (Lipinski definition) is 5. The van der Waals surface area contributed by atoms with Gasteiger partial charge in [-0.15, -0.1) is 0 Å². The Hall–Kier alpha value is -2.12. The maximum atomic E-state index is 12.8. The zero-order valence-corrected chi connectivity index (χ0v) is 13.5. The van der Waals surface area contributed by atoms with Crippen LogP contribution in [0.15, 0.2) is 18.5 Å². The van der Waals surface area contributed by atoms with Gasteiger partial charge in [0.15, 0.2) is 0 Å². The van der Waals surface area contributed by atoms with Crippen LogP contribution in [-0.2, 0) is 9.53 Å². The Kier molecular flexibility index (Phi) is 3.08. The summed E-state index contributed by atoms with van der Waals surface area (Å²) in [6.45, 7) is 3.51. The number of anilines is 2. The van der Waals surface area contributed by atoms with E-state index < -0.39 is 5.54 Å². The van der Waals surface area contributed by atoms with Gasteiger partial charge in [-0.05, 0) is 25.3 Å². The van der Waals surface area contributed by atoms with Gasteiger partial charge < -0.3 is 20.4 Å². The molecule has 1 saturated heterocycles. The molecule has 1 aliphatic carbocycles. The quantitative estimate of drug-likeness (QED) is 0.740. The third-order valence-corrected chi connectivity index (χ3v) is 5.68. The number of amides is 1. The molecule has 2 fully saturated rings. The van der Waals surface area contributed by atoms with Crippen molar-refractivity contribution in [3.63, 3.8) is 0 Å². The lowest BCUT2D eigenvalue weighted by atomic mass is 9.92. The van der Waals surface area contributed by atoms with Crippen LogP contribution in [0, 0.1) is 0 Å². The molecule has 126 valence electrons. The minimum absolute atomic E-state index is 0.0717. The molecule has 5 rings (SSSR count). The second-order valence-electron chi connectivity index (χ2n) is 6.99. The first-order valence-corrected chi connectivity index (χ1v) is 8.63. The highest BCUT2D eigenvalue weighted by atomic mass is 16.5. The van der Waals surface area contributed by atoms with Crippen molar-refractivity contribution in [1.29, 1.82) is 0 Å². The highest BCUT2D eigenvalue weighted by Gasteiger charge is 2.49. The number of carbonyl (C=O) groups excluding carboxylic acids is 1. The molecule has 0 radical (unpaired) electrons. The van der Waals surface area contributed by atoms with Gasteiger partial charge in [0, 0.05) is 30.7 Å². The van der Waals surface area contributed by atoms with E-state index in [1.54, 1.807) is 6.20 Å². The molecule has 2 aliphatic heterocycles. The molecule has 2 aromatic heterocycles. The summed E-state index contributed by atoms with van der Waals surface area (Å²) in [7, 11) is 0. The van der Waals surface area contributed by atoms with Crippen molar-refractivity contribution in [1.82, 2.24) is 14.9 Å². The Balaban J connectivity index is 1.46. The van der Waals surface area contributed by atoms with E-state index in [0.29, 0.717) is 6.04 Å². The zero-order chi connectivity index (χ0) is 16.1. The molecular weight excluding hydrogens is 306 g/mol. The molecule has 3 aliphatic rings. The SMILES string of the molecule is O=C1Nc2cnc3[nH]ccc3c2NC12CCC(N1CCOCC1)C2. The maximum Gasteiger partial charge on any atom is 0.250 e. The topological polar surface area (TPSA) is 82.3 Å². The van der Waals surface area contributed by atoms with Gasteiger partial charge >= 0.3 is 0 Å². The second-order valence-corrected chi connectivity index (χ2v) is 6.99. The number of ether oxygens (including phenoxy) is 1. The molecule has 2 unspecified atom stereocenters. The monoisotopic (exact) mass is 327 g/mol. The minimum atomic E-state index is -0.512. The summed E-state index contributed by atoms with van der Waals surface area (Å²) < 4.78 is 5.46. The molecule has 7 nitrogen and oxygen atoms in total. The van der Waals surface area contributed by atoms with E-state index >= 15 is 0 Å². The van der Waals surface area contributed by atoms with Gasteiger partial charge in [-0.25, -0.2) is 4.98 Å². The molecule has 0 bridgehead atoms. The lowest BCUT2D eigenvalue weighted by Crippen LogP contribution is -2.52. The van der Waals surface area contributed by atoms with Gasteiger partial charge in [0.05, 0.1) is 30.8 Å². The molecule has 4 heterocycles. The minimum Gasteiger partial charge on any atom is -0.379 e. The van der Waals surface area contributed by atoms with E-state index in [0.717, 1.165) is 68.0 Å². The lowest BCUT2D eigenvalue weighted by Gasteiger charge is -2.37. The van der Waals surface area contributed by atoms with Crippen LogP contribution in [-0.4, -0.2) is 58.7 Å². The van der Waals surface area contributed by atoms with Crippen LogP contribution in [0.4, 0.5) is 11.4 Å². The Morgan fingerprint density at radius 2 is 2.21 bits per heavy atom. The number of nitrogens with one attached hydrogen (secondary N) is 3. The number of rotatable bonds is 1. The van der Waals surface area contributed by atoms with Crippen LogP contribution < -0.4 is 10.6 Å². The molecule has 7 heteroatoms. The average molecular weight is 327 g/mol. The van der Waals surface area contributed by atoms with E-state index in [-0.39, 0.29) is 5.91 Å². The summed E-state index contributed by atoms with van der Waals surface area (Å²) in [5, 5.41) is 7.70. The van der Waals surface area contributed by atoms with Gasteiger partial charge in [0.1, 0.15) is 11.2 Å². The fraction of sp³-hybridized carbons (Fsp3) is 0.529. The van der Waals surface area contributed by atoms with Crippen LogP contribution in [0.2, 0.25) is 0 Å². The van der Waals surface area contributed by atoms with E-state index in [9.17, 15) is 4.79 Å². The predicted molar refractivity (Wildman–Crippen MR) is 91.1 cm³/mol. The molecule has 2 aromatic rings. The maximum absolute atomic E-state index is 12.8. The molecule has 1 amide bonds. The van der Waals surface area contributed by atoms with Crippen molar-refractivity contribution in [3.05, 3.63) is 18.5 Å². The number of aromatic amines is 1. The predicted octanol–water partition coefficient (Wildman–Crippen LogP) is 1.55. The number of nitrogens with zero attached hydrogens (tertiary/aromatic N) is 2. The third-order valence-electron chi connectivity index (χ3n) is 5.68. The fourth-order valence-electron chi connectivity index (χ4n) is 4.37. The molecule has 3 N–H and O–H groups in total. The van der Waals surface area contributed by atoms with Gasteiger partial charge in [-0.1, -0.05) is 0 Å². The summed E-state index contributed by atoms with van der Waals surface area (Å²) in [5.74, 6) is 0.0717. The largest absolute Gasteiger partial charge is 0.379 e. The standard InChI is InChI=1S/C17H21N5O2/c23-16-17(3-1-11(9-17)22-5-7-24-8-6-22)21-14-12-2-4-18-15(12)19-10-13(14)20-16/h2,4,10-11,21H,1,3,5-9H2,(H,18,19)(H,20,23). The summed E-state index contributed by atoms with van der Waals surface area (Å²) in [6.07, 6.45) is 6.34. The summed E-state index contributed by atoms with van der Waals surface area (Å²) in [5.41, 5.74) is 2.09. The van der Waals surface area contributed by atoms with Crippen molar-refractivity contribution in [2.45, 2.75) is 30.8 Å². The highest BCUT2D eigenvalue weighted by molar-refractivity contribution is 6.11. The first-order chi connectivity index (χ1) is 11.8. The van der Waals surface area contributed by atoms with Crippen molar-refractivity contribution < 1.29 is 9.53 Å². The number of H-pyrrole nitrogens is 1. The van der Waals surface area contributed by atoms with E-state index in [1.165, 1.54) is 0 Å². The van der Waals surface area contributed by atoms with Crippen molar-refractivity contribution in [3.8, 4) is 0 Å². The number of aromatic nitrogens is 2. The molecule has 1 spiro atoms. The molecule has 24 heavy (non-hydrogen) atoms. The lowest BCUT2D eigenvalue weighted by molar-refractivity contribution is -0.120. The molecule has 2 atom stereocenters. The van der Waals surface area contributed by atoms with E-state index in [2.05, 4.69) is 25.5 Å². The first-order valence-electron chi connectivity index (χ1n) is 8.63. The van der Waals surface area contributed by atoms with E-state index in [1.807, 2.05) is 12.3 Å². The average Bonchev–Trinajstić information content (AvgIpc) is 3.25. The molecule has 1 saturated carbocycles. The Morgan fingerprint density at radius 1 is 1.33 bits per heavy atom. The second kappa shape index (κ2) is 5.19. The van der Waals surface area contributed by atoms with Crippen LogP contribution in [0.3, 0.4) is 0 Å². The highest BCUT2D eigenvalue weighted by Crippen LogP contribution is 2.43. The third kappa shape index (κ3) is 2.04. The van der Waals surface area contributed by atoms with Crippen LogP contribution >= 0.6 is 0 Å².